The summed E-state index contributed by atoms with van der Waals surface area (Å²) < 4.78 is 14.2. The molecule has 0 bridgehead atoms. The van der Waals surface area contributed by atoms with Crippen molar-refractivity contribution in [1.82, 2.24) is 10.2 Å². The summed E-state index contributed by atoms with van der Waals surface area (Å²) in [6.45, 7) is 6.32. The minimum Gasteiger partial charge on any atom is -0.382 e. The molecule has 0 aliphatic carbocycles. The summed E-state index contributed by atoms with van der Waals surface area (Å²) in [4.78, 5) is 0. The molecule has 1 atom stereocenters. The number of aromatic nitrogens is 2. The highest BCUT2D eigenvalue weighted by atomic mass is 19.1. The number of halogens is 1. The first-order valence-electron chi connectivity index (χ1n) is 8.43. The zero-order chi connectivity index (χ0) is 16.8. The maximum Gasteiger partial charge on any atom is 0.149 e. The largest absolute Gasteiger partial charge is 0.382 e. The fourth-order valence-corrected chi connectivity index (χ4v) is 3.03. The average molecular weight is 315 g/mol. The van der Waals surface area contributed by atoms with Crippen molar-refractivity contribution in [2.45, 2.75) is 58.8 Å². The Bertz CT molecular complexity index is 655. The van der Waals surface area contributed by atoms with Crippen molar-refractivity contribution < 1.29 is 4.39 Å². The normalized spacial score (nSPS) is 12.3. The second-order valence-electron chi connectivity index (χ2n) is 6.20. The molecule has 1 aromatic heterocycles. The number of hydrogen-bond donors (Lipinski definition) is 1. The SMILES string of the molecule is CCCCCCC(C)c1c(-c2ccccc2F)nnc(N)c1C. The predicted octanol–water partition coefficient (Wildman–Crippen LogP) is 5.25. The Kier molecular flexibility index (Phi) is 6.08. The first-order valence-corrected chi connectivity index (χ1v) is 8.43. The van der Waals surface area contributed by atoms with Crippen molar-refractivity contribution in [3.8, 4) is 11.3 Å². The molecule has 0 aliphatic heterocycles. The third kappa shape index (κ3) is 4.06. The summed E-state index contributed by atoms with van der Waals surface area (Å²) in [7, 11) is 0. The zero-order valence-corrected chi connectivity index (χ0v) is 14.3. The molecule has 0 fully saturated rings. The van der Waals surface area contributed by atoms with Crippen LogP contribution in [0.3, 0.4) is 0 Å². The molecule has 1 aromatic carbocycles. The number of benzene rings is 1. The molecule has 2 N–H and O–H groups in total. The highest BCUT2D eigenvalue weighted by Crippen LogP contribution is 2.35. The highest BCUT2D eigenvalue weighted by molar-refractivity contribution is 5.67. The van der Waals surface area contributed by atoms with Crippen LogP contribution in [0.1, 0.15) is 63.0 Å². The lowest BCUT2D eigenvalue weighted by Crippen LogP contribution is -2.08. The minimum atomic E-state index is -0.273. The van der Waals surface area contributed by atoms with Crippen molar-refractivity contribution in [3.63, 3.8) is 0 Å². The minimum absolute atomic E-state index is 0.273. The smallest absolute Gasteiger partial charge is 0.149 e. The monoisotopic (exact) mass is 315 g/mol. The lowest BCUT2D eigenvalue weighted by Gasteiger charge is -2.19. The number of nitrogen functional groups attached to an aromatic ring is 1. The van der Waals surface area contributed by atoms with Crippen LogP contribution in [0.4, 0.5) is 10.2 Å². The van der Waals surface area contributed by atoms with Gasteiger partial charge in [0.2, 0.25) is 0 Å². The molecule has 1 heterocycles. The summed E-state index contributed by atoms with van der Waals surface area (Å²) >= 11 is 0. The van der Waals surface area contributed by atoms with Crippen molar-refractivity contribution in [2.75, 3.05) is 5.73 Å². The van der Waals surface area contributed by atoms with E-state index in [1.807, 2.05) is 13.0 Å². The standard InChI is InChI=1S/C19H26FN3/c1-4-5-6-7-10-13(2)17-14(3)19(21)23-22-18(17)15-11-8-9-12-16(15)20/h8-9,11-13H,4-7,10H2,1-3H3,(H2,21,23). The maximum atomic E-state index is 14.2. The van der Waals surface area contributed by atoms with Gasteiger partial charge in [-0.15, -0.1) is 10.2 Å². The molecule has 0 spiro atoms. The number of nitrogens with two attached hydrogens (primary N) is 1. The lowest BCUT2D eigenvalue weighted by molar-refractivity contribution is 0.576. The summed E-state index contributed by atoms with van der Waals surface area (Å²) in [6.07, 6.45) is 5.91. The Balaban J connectivity index is 2.37. The Morgan fingerprint density at radius 1 is 1.13 bits per heavy atom. The molecule has 2 aromatic rings. The second-order valence-corrected chi connectivity index (χ2v) is 6.20. The maximum absolute atomic E-state index is 14.2. The van der Waals surface area contributed by atoms with E-state index in [4.69, 9.17) is 5.73 Å². The van der Waals surface area contributed by atoms with Crippen LogP contribution in [0.15, 0.2) is 24.3 Å². The molecular formula is C19H26FN3. The van der Waals surface area contributed by atoms with Crippen LogP contribution in [0.5, 0.6) is 0 Å². The van der Waals surface area contributed by atoms with Gasteiger partial charge in [0.15, 0.2) is 0 Å². The van der Waals surface area contributed by atoms with Gasteiger partial charge in [0, 0.05) is 5.56 Å². The van der Waals surface area contributed by atoms with E-state index in [0.717, 1.165) is 24.0 Å². The van der Waals surface area contributed by atoms with E-state index < -0.39 is 0 Å². The van der Waals surface area contributed by atoms with E-state index in [9.17, 15) is 4.39 Å². The highest BCUT2D eigenvalue weighted by Gasteiger charge is 2.20. The van der Waals surface area contributed by atoms with Crippen LogP contribution < -0.4 is 5.73 Å². The average Bonchev–Trinajstić information content (AvgIpc) is 2.54. The number of anilines is 1. The summed E-state index contributed by atoms with van der Waals surface area (Å²) in [6, 6.07) is 6.71. The third-order valence-corrected chi connectivity index (χ3v) is 4.41. The zero-order valence-electron chi connectivity index (χ0n) is 14.3. The van der Waals surface area contributed by atoms with Crippen molar-refractivity contribution in [3.05, 3.63) is 41.2 Å². The predicted molar refractivity (Wildman–Crippen MR) is 93.7 cm³/mol. The van der Waals surface area contributed by atoms with E-state index in [2.05, 4.69) is 24.0 Å². The van der Waals surface area contributed by atoms with Gasteiger partial charge in [-0.25, -0.2) is 4.39 Å². The van der Waals surface area contributed by atoms with Gasteiger partial charge in [0.05, 0.1) is 5.69 Å². The Hall–Kier alpha value is -1.97. The van der Waals surface area contributed by atoms with E-state index in [0.29, 0.717) is 17.1 Å². The van der Waals surface area contributed by atoms with Crippen LogP contribution in [-0.4, -0.2) is 10.2 Å². The quantitative estimate of drug-likeness (QED) is 0.710. The van der Waals surface area contributed by atoms with Gasteiger partial charge in [0.25, 0.3) is 0 Å². The van der Waals surface area contributed by atoms with E-state index in [1.165, 1.54) is 25.3 Å². The summed E-state index contributed by atoms with van der Waals surface area (Å²) in [5.74, 6) is 0.435. The van der Waals surface area contributed by atoms with Gasteiger partial charge < -0.3 is 5.73 Å². The van der Waals surface area contributed by atoms with Gasteiger partial charge in [-0.05, 0) is 42.5 Å². The molecule has 124 valence electrons. The van der Waals surface area contributed by atoms with Crippen molar-refractivity contribution in [1.29, 1.82) is 0 Å². The lowest BCUT2D eigenvalue weighted by atomic mass is 9.88. The second kappa shape index (κ2) is 8.04. The van der Waals surface area contributed by atoms with E-state index in [-0.39, 0.29) is 11.7 Å². The molecule has 23 heavy (non-hydrogen) atoms. The van der Waals surface area contributed by atoms with Crippen molar-refractivity contribution in [2.24, 2.45) is 0 Å². The summed E-state index contributed by atoms with van der Waals surface area (Å²) in [5.41, 5.74) is 9.02. The van der Waals surface area contributed by atoms with Crippen LogP contribution in [0.25, 0.3) is 11.3 Å². The van der Waals surface area contributed by atoms with Gasteiger partial charge in [-0.3, -0.25) is 0 Å². The molecule has 1 unspecified atom stereocenters. The molecule has 4 heteroatoms. The molecular weight excluding hydrogens is 289 g/mol. The summed E-state index contributed by atoms with van der Waals surface area (Å²) in [5, 5.41) is 8.23. The first-order chi connectivity index (χ1) is 11.1. The van der Waals surface area contributed by atoms with Gasteiger partial charge in [0.1, 0.15) is 11.6 Å². The number of hydrogen-bond acceptors (Lipinski definition) is 3. The van der Waals surface area contributed by atoms with Crippen LogP contribution in [0.2, 0.25) is 0 Å². The Labute approximate surface area is 138 Å². The molecule has 0 saturated carbocycles. The number of nitrogens with zero attached hydrogens (tertiary/aromatic N) is 2. The van der Waals surface area contributed by atoms with E-state index >= 15 is 0 Å². The van der Waals surface area contributed by atoms with Crippen molar-refractivity contribution >= 4 is 5.82 Å². The topological polar surface area (TPSA) is 51.8 Å². The Morgan fingerprint density at radius 3 is 2.57 bits per heavy atom. The van der Waals surface area contributed by atoms with Crippen LogP contribution in [-0.2, 0) is 0 Å². The van der Waals surface area contributed by atoms with Crippen LogP contribution in [0, 0.1) is 12.7 Å². The fourth-order valence-electron chi connectivity index (χ4n) is 3.03. The van der Waals surface area contributed by atoms with Crippen LogP contribution >= 0.6 is 0 Å². The number of unbranched alkanes of at least 4 members (excludes halogenated alkanes) is 3. The molecule has 0 radical (unpaired) electrons. The molecule has 3 nitrogen and oxygen atoms in total. The van der Waals surface area contributed by atoms with Gasteiger partial charge in [-0.1, -0.05) is 51.7 Å². The first kappa shape index (κ1) is 17.4. The number of rotatable bonds is 7. The van der Waals surface area contributed by atoms with Gasteiger partial charge >= 0.3 is 0 Å². The third-order valence-electron chi connectivity index (χ3n) is 4.41. The van der Waals surface area contributed by atoms with E-state index in [1.54, 1.807) is 12.1 Å². The molecule has 0 saturated heterocycles. The van der Waals surface area contributed by atoms with Gasteiger partial charge in [-0.2, -0.15) is 0 Å². The molecule has 0 amide bonds. The fraction of sp³-hybridized carbons (Fsp3) is 0.474. The molecule has 0 aliphatic rings. The molecule has 2 rings (SSSR count). The Morgan fingerprint density at radius 2 is 1.87 bits per heavy atom.